The van der Waals surface area contributed by atoms with Crippen molar-refractivity contribution < 1.29 is 4.79 Å². The summed E-state index contributed by atoms with van der Waals surface area (Å²) in [5, 5.41) is 0. The molecule has 0 saturated carbocycles. The Morgan fingerprint density at radius 2 is 1.00 bits per heavy atom. The van der Waals surface area contributed by atoms with E-state index in [0.29, 0.717) is 5.78 Å². The quantitative estimate of drug-likeness (QED) is 0.528. The minimum atomic E-state index is 0.487. The van der Waals surface area contributed by atoms with Gasteiger partial charge in [0.15, 0.2) is 0 Å². The van der Waals surface area contributed by atoms with Gasteiger partial charge in [-0.05, 0) is 38.5 Å². The zero-order valence-electron chi connectivity index (χ0n) is 11.3. The van der Waals surface area contributed by atoms with Crippen LogP contribution in [0, 0.1) is 0 Å². The van der Waals surface area contributed by atoms with E-state index < -0.39 is 0 Å². The number of Topliss-reactive ketones (excluding diaryl/α,β-unsaturated/α-hetero) is 1. The van der Waals surface area contributed by atoms with Gasteiger partial charge in [-0.2, -0.15) is 0 Å². The molecule has 0 fully saturated rings. The first-order valence-corrected chi connectivity index (χ1v) is 7.56. The molecule has 0 unspecified atom stereocenters. The molecule has 0 radical (unpaired) electrons. The van der Waals surface area contributed by atoms with Gasteiger partial charge in [0.2, 0.25) is 0 Å². The van der Waals surface area contributed by atoms with E-state index in [2.05, 4.69) is 12.2 Å². The number of carbonyl (C=O) groups is 1. The summed E-state index contributed by atoms with van der Waals surface area (Å²) in [6, 6.07) is 0. The van der Waals surface area contributed by atoms with E-state index in [1.54, 1.807) is 0 Å². The maximum absolute atomic E-state index is 11.6. The van der Waals surface area contributed by atoms with Crippen molar-refractivity contribution in [3.8, 4) is 0 Å². The van der Waals surface area contributed by atoms with Gasteiger partial charge in [-0.1, -0.05) is 44.3 Å². The van der Waals surface area contributed by atoms with Crippen LogP contribution in [0.25, 0.3) is 0 Å². The monoisotopic (exact) mass is 236 g/mol. The molecule has 0 amide bonds. The van der Waals surface area contributed by atoms with Crippen LogP contribution in [0.5, 0.6) is 0 Å². The summed E-state index contributed by atoms with van der Waals surface area (Å²) in [6.45, 7) is 0. The van der Waals surface area contributed by atoms with E-state index in [9.17, 15) is 4.79 Å². The molecule has 1 rings (SSSR count). The molecule has 1 aliphatic carbocycles. The highest BCUT2D eigenvalue weighted by Crippen LogP contribution is 2.12. The fraction of sp³-hybridized carbons (Fsp3) is 0.812. The molecule has 0 spiro atoms. The van der Waals surface area contributed by atoms with Gasteiger partial charge in [0.25, 0.3) is 0 Å². The standard InChI is InChI=1S/C16H28O/c17-16-14-12-10-8-6-4-2-1-3-5-7-9-11-13-15-16/h4,6H,1-3,5,7-15H2/b6-4-. The van der Waals surface area contributed by atoms with Crippen LogP contribution < -0.4 is 0 Å². The lowest BCUT2D eigenvalue weighted by Gasteiger charge is -2.03. The number of hydrogen-bond acceptors (Lipinski definition) is 1. The molecule has 0 bridgehead atoms. The van der Waals surface area contributed by atoms with Crippen molar-refractivity contribution in [3.63, 3.8) is 0 Å². The minimum Gasteiger partial charge on any atom is -0.300 e. The van der Waals surface area contributed by atoms with Crippen LogP contribution in [0.3, 0.4) is 0 Å². The fourth-order valence-electron chi connectivity index (χ4n) is 2.41. The van der Waals surface area contributed by atoms with Crippen LogP contribution in [-0.4, -0.2) is 5.78 Å². The van der Waals surface area contributed by atoms with E-state index in [1.807, 2.05) is 0 Å². The Bertz CT molecular complexity index is 218. The number of hydrogen-bond donors (Lipinski definition) is 0. The van der Waals surface area contributed by atoms with Crippen molar-refractivity contribution >= 4 is 5.78 Å². The molecule has 1 nitrogen and oxygen atoms in total. The molecule has 98 valence electrons. The van der Waals surface area contributed by atoms with Crippen molar-refractivity contribution in [2.24, 2.45) is 0 Å². The van der Waals surface area contributed by atoms with Crippen molar-refractivity contribution in [2.75, 3.05) is 0 Å². The second-order valence-corrected chi connectivity index (χ2v) is 5.27. The second-order valence-electron chi connectivity index (χ2n) is 5.27. The van der Waals surface area contributed by atoms with Crippen molar-refractivity contribution in [2.45, 2.75) is 83.5 Å². The SMILES string of the molecule is O=C1CCCC/C=C\CCCCCCCCC1. The van der Waals surface area contributed by atoms with Gasteiger partial charge in [0.05, 0.1) is 0 Å². The average molecular weight is 236 g/mol. The second kappa shape index (κ2) is 10.6. The molecule has 0 heterocycles. The summed E-state index contributed by atoms with van der Waals surface area (Å²) in [4.78, 5) is 11.6. The Morgan fingerprint density at radius 1 is 0.588 bits per heavy atom. The first-order chi connectivity index (χ1) is 8.39. The number of ketones is 1. The first kappa shape index (κ1) is 14.5. The van der Waals surface area contributed by atoms with Crippen LogP contribution >= 0.6 is 0 Å². The Kier molecular flexibility index (Phi) is 8.99. The van der Waals surface area contributed by atoms with E-state index in [-0.39, 0.29) is 0 Å². The molecular formula is C16H28O. The molecule has 0 aliphatic heterocycles. The zero-order chi connectivity index (χ0) is 12.2. The normalized spacial score (nSPS) is 24.4. The third-order valence-corrected chi connectivity index (χ3v) is 3.57. The highest BCUT2D eigenvalue weighted by atomic mass is 16.1. The van der Waals surface area contributed by atoms with Gasteiger partial charge in [-0.15, -0.1) is 0 Å². The maximum atomic E-state index is 11.6. The summed E-state index contributed by atoms with van der Waals surface area (Å²) >= 11 is 0. The van der Waals surface area contributed by atoms with Gasteiger partial charge in [-0.25, -0.2) is 0 Å². The molecule has 0 aromatic rings. The van der Waals surface area contributed by atoms with Gasteiger partial charge in [-0.3, -0.25) is 4.79 Å². The van der Waals surface area contributed by atoms with Crippen molar-refractivity contribution in [3.05, 3.63) is 12.2 Å². The summed E-state index contributed by atoms with van der Waals surface area (Å²) in [5.74, 6) is 0.487. The predicted molar refractivity (Wildman–Crippen MR) is 74.2 cm³/mol. The number of carbonyl (C=O) groups excluding carboxylic acids is 1. The fourth-order valence-corrected chi connectivity index (χ4v) is 2.41. The third-order valence-electron chi connectivity index (χ3n) is 3.57. The molecule has 0 aromatic carbocycles. The minimum absolute atomic E-state index is 0.487. The molecule has 17 heavy (non-hydrogen) atoms. The lowest BCUT2D eigenvalue weighted by Crippen LogP contribution is -1.97. The zero-order valence-corrected chi connectivity index (χ0v) is 11.3. The van der Waals surface area contributed by atoms with Crippen molar-refractivity contribution in [1.29, 1.82) is 0 Å². The van der Waals surface area contributed by atoms with E-state index >= 15 is 0 Å². The molecule has 0 saturated heterocycles. The Balaban J connectivity index is 2.18. The van der Waals surface area contributed by atoms with Crippen molar-refractivity contribution in [1.82, 2.24) is 0 Å². The third kappa shape index (κ3) is 9.14. The highest BCUT2D eigenvalue weighted by Gasteiger charge is 2.01. The Hall–Kier alpha value is -0.590. The number of allylic oxidation sites excluding steroid dienone is 2. The maximum Gasteiger partial charge on any atom is 0.132 e. The topological polar surface area (TPSA) is 17.1 Å². The summed E-state index contributed by atoms with van der Waals surface area (Å²) < 4.78 is 0. The lowest BCUT2D eigenvalue weighted by molar-refractivity contribution is -0.119. The smallest absolute Gasteiger partial charge is 0.132 e. The van der Waals surface area contributed by atoms with Gasteiger partial charge in [0.1, 0.15) is 5.78 Å². The lowest BCUT2D eigenvalue weighted by atomic mass is 10.0. The first-order valence-electron chi connectivity index (χ1n) is 7.56. The largest absolute Gasteiger partial charge is 0.300 e. The molecule has 0 aromatic heterocycles. The van der Waals surface area contributed by atoms with Crippen LogP contribution in [0.1, 0.15) is 83.5 Å². The van der Waals surface area contributed by atoms with E-state index in [4.69, 9.17) is 0 Å². The van der Waals surface area contributed by atoms with Gasteiger partial charge < -0.3 is 0 Å². The molecule has 0 N–H and O–H groups in total. The Labute approximate surface area is 107 Å². The molecule has 1 heteroatoms. The summed E-state index contributed by atoms with van der Waals surface area (Å²) in [6.07, 6.45) is 20.1. The van der Waals surface area contributed by atoms with Gasteiger partial charge >= 0.3 is 0 Å². The van der Waals surface area contributed by atoms with Crippen LogP contribution in [0.4, 0.5) is 0 Å². The molecular weight excluding hydrogens is 208 g/mol. The Morgan fingerprint density at radius 3 is 1.65 bits per heavy atom. The predicted octanol–water partition coefficient (Wildman–Crippen LogP) is 5.20. The number of rotatable bonds is 0. The van der Waals surface area contributed by atoms with Crippen LogP contribution in [0.2, 0.25) is 0 Å². The molecule has 1 aliphatic rings. The summed E-state index contributed by atoms with van der Waals surface area (Å²) in [7, 11) is 0. The van der Waals surface area contributed by atoms with Crippen LogP contribution in [-0.2, 0) is 4.79 Å². The molecule has 0 atom stereocenters. The summed E-state index contributed by atoms with van der Waals surface area (Å²) in [5.41, 5.74) is 0. The highest BCUT2D eigenvalue weighted by molar-refractivity contribution is 5.78. The van der Waals surface area contributed by atoms with E-state index in [0.717, 1.165) is 32.1 Å². The van der Waals surface area contributed by atoms with Crippen LogP contribution in [0.15, 0.2) is 12.2 Å². The van der Waals surface area contributed by atoms with E-state index in [1.165, 1.54) is 51.4 Å². The van der Waals surface area contributed by atoms with Gasteiger partial charge in [0, 0.05) is 12.8 Å². The average Bonchev–Trinajstić information content (AvgIpc) is 2.32.